The highest BCUT2D eigenvalue weighted by atomic mass is 19.4. The van der Waals surface area contributed by atoms with Crippen LogP contribution in [0.25, 0.3) is 66.3 Å². The lowest BCUT2D eigenvalue weighted by atomic mass is 9.90. The molecule has 7 N–H and O–H groups in total. The number of aromatic amines is 2. The number of ether oxygens (including phenoxy) is 8. The third-order valence-corrected chi connectivity index (χ3v) is 27.0. The number of hydrogen-bond acceptors (Lipinski definition) is 23. The Kier molecular flexibility index (Phi) is 32.2. The first-order chi connectivity index (χ1) is 67.2. The van der Waals surface area contributed by atoms with Crippen molar-refractivity contribution < 1.29 is 117 Å². The van der Waals surface area contributed by atoms with Gasteiger partial charge in [-0.2, -0.15) is 26.3 Å². The summed E-state index contributed by atoms with van der Waals surface area (Å²) in [6, 6.07) is 31.0. The van der Waals surface area contributed by atoms with Gasteiger partial charge >= 0.3 is 42.7 Å². The number of imidazole rings is 2. The summed E-state index contributed by atoms with van der Waals surface area (Å²) in [5.41, 5.74) is 13.8. The molecule has 39 heteroatoms. The van der Waals surface area contributed by atoms with E-state index in [1.54, 1.807) is 71.3 Å². The standard InChI is InChI=1S/C50H52F3N7O8.C45H51F3N6O7.C7H15NO4.CH4/c1-26(2)43(57-48(63)66-4)46(61)60-23-32(50(51,52)53)18-41(60)45-54-21-39(56-45)30-11-13-33-31(16-30)25-68-42-20-34-29(17-36(33)42)12-14-37-35(34)19-38(55-37)40-15-27(24-65-3)22-59(40)47(62)44(58-49(64)67-5)28-9-7-6-8-10-28;1-23(2)39(52-42(56)59-7)41(55)53-20-28(45(46,47)48)15-37(53)40-49-18-35(51-40)26-8-10-29-27(13-26)22-60-38-17-30-25(14-32(29)38)9-11-33-31(30)16-34(50-33)36-12-24(21-58-6)19-54(36)43(57)61-44(3,4)5;1-5(2)6(7(9)10)8-4-12-11-3;/h6-14,16-17,20-21,26-27,32,40-41,43-44H,15,18-19,22-25H2,1-5H3,(H,54,56)(H,57,63)(H,58,64);8-11,13-14,17-18,23-24,28,36-37,39H,12,15-16,19-22H2,1-7H3,(H,49,51)(H,52,56);5-6,8H,4H2,1-3H3,(H,9,10);1H4/t27-,32-,40-,41-,43-,44+;24-,28-,36-,37-,39-;6-;/m000./s1. The summed E-state index contributed by atoms with van der Waals surface area (Å²) in [6.45, 7) is 17.5. The number of aliphatic imine (C=N–C) groups is 2. The van der Waals surface area contributed by atoms with E-state index in [4.69, 9.17) is 43.5 Å². The van der Waals surface area contributed by atoms with Crippen molar-refractivity contribution in [2.24, 2.45) is 51.4 Å². The number of carboxylic acid groups (broad SMARTS) is 1. The number of carboxylic acids is 1. The maximum absolute atomic E-state index is 14.4. The first-order valence-corrected chi connectivity index (χ1v) is 46.9. The van der Waals surface area contributed by atoms with E-state index in [0.29, 0.717) is 68.3 Å². The fourth-order valence-corrected chi connectivity index (χ4v) is 20.0. The number of halogens is 6. The summed E-state index contributed by atoms with van der Waals surface area (Å²) >= 11 is 0. The lowest BCUT2D eigenvalue weighted by Gasteiger charge is -2.30. The fourth-order valence-electron chi connectivity index (χ4n) is 20.0. The molecule has 10 heterocycles. The maximum atomic E-state index is 14.4. The van der Waals surface area contributed by atoms with E-state index in [2.05, 4.69) is 84.7 Å². The minimum absolute atomic E-state index is 0. The zero-order valence-electron chi connectivity index (χ0n) is 81.0. The molecular formula is C103H122F6N14O19. The van der Waals surface area contributed by atoms with Crippen LogP contribution in [-0.4, -0.2) is 241 Å². The van der Waals surface area contributed by atoms with Crippen molar-refractivity contribution in [3.63, 3.8) is 0 Å². The molecule has 17 rings (SSSR count). The van der Waals surface area contributed by atoms with Crippen LogP contribution in [0.3, 0.4) is 0 Å². The van der Waals surface area contributed by atoms with Crippen molar-refractivity contribution in [1.29, 1.82) is 0 Å². The second kappa shape index (κ2) is 43.7. The number of alkyl halides is 6. The number of likely N-dealkylation sites (tertiary alicyclic amines) is 4. The molecule has 760 valence electrons. The lowest BCUT2D eigenvalue weighted by molar-refractivity contribution is -0.278. The molecule has 9 aromatic rings. The van der Waals surface area contributed by atoms with Crippen LogP contribution in [0.2, 0.25) is 0 Å². The van der Waals surface area contributed by atoms with Crippen molar-refractivity contribution in [2.75, 3.05) is 88.8 Å². The molecule has 0 bridgehead atoms. The number of fused-ring (bicyclic) bond motifs is 12. The molecular weight excluding hydrogens is 1850 g/mol. The van der Waals surface area contributed by atoms with E-state index in [9.17, 15) is 64.7 Å². The summed E-state index contributed by atoms with van der Waals surface area (Å²) in [5, 5.41) is 23.1. The second-order valence-electron chi connectivity index (χ2n) is 38.6. The van der Waals surface area contributed by atoms with E-state index >= 15 is 0 Å². The van der Waals surface area contributed by atoms with Crippen molar-refractivity contribution in [1.82, 2.24) is 60.8 Å². The average molecular weight is 1970 g/mol. The Morgan fingerprint density at radius 3 is 1.34 bits per heavy atom. The lowest BCUT2D eigenvalue weighted by Crippen LogP contribution is -2.51. The Hall–Kier alpha value is -13.2. The monoisotopic (exact) mass is 1970 g/mol. The Morgan fingerprint density at radius 2 is 0.930 bits per heavy atom. The molecule has 4 saturated heterocycles. The second-order valence-corrected chi connectivity index (χ2v) is 38.6. The molecule has 8 aliphatic rings. The van der Waals surface area contributed by atoms with Gasteiger partial charge in [0.15, 0.2) is 0 Å². The molecule has 0 spiro atoms. The van der Waals surface area contributed by atoms with E-state index in [1.807, 2.05) is 118 Å². The maximum Gasteiger partial charge on any atom is 0.410 e. The van der Waals surface area contributed by atoms with Gasteiger partial charge in [-0.3, -0.25) is 39.4 Å². The fraction of sp³-hybridized carbons (Fsp3) is 0.476. The summed E-state index contributed by atoms with van der Waals surface area (Å²) in [7, 11) is 8.25. The average Bonchev–Trinajstić information content (AvgIpc) is 1.57. The number of carbonyl (C=O) groups is 8. The highest BCUT2D eigenvalue weighted by Crippen LogP contribution is 2.51. The van der Waals surface area contributed by atoms with Crippen molar-refractivity contribution >= 4 is 92.4 Å². The molecule has 0 aliphatic carbocycles. The third-order valence-electron chi connectivity index (χ3n) is 27.0. The van der Waals surface area contributed by atoms with Gasteiger partial charge in [0.25, 0.3) is 0 Å². The van der Waals surface area contributed by atoms with Crippen LogP contribution in [0.1, 0.15) is 153 Å². The van der Waals surface area contributed by atoms with Crippen molar-refractivity contribution in [2.45, 2.75) is 188 Å². The largest absolute Gasteiger partial charge is 0.488 e. The molecule has 0 unspecified atom stereocenters. The van der Waals surface area contributed by atoms with Crippen LogP contribution >= 0.6 is 0 Å². The van der Waals surface area contributed by atoms with Gasteiger partial charge in [0.2, 0.25) is 17.7 Å². The number of benzene rings is 7. The normalized spacial score (nSPS) is 20.2. The Labute approximate surface area is 818 Å². The van der Waals surface area contributed by atoms with Gasteiger partial charge in [-0.25, -0.2) is 38.9 Å². The minimum Gasteiger partial charge on any atom is -0.488 e. The molecule has 4 fully saturated rings. The first-order valence-electron chi connectivity index (χ1n) is 46.9. The van der Waals surface area contributed by atoms with Crippen LogP contribution < -0.4 is 30.7 Å². The minimum atomic E-state index is -4.55. The number of alkyl carbamates (subject to hydrolysis) is 3. The van der Waals surface area contributed by atoms with Gasteiger partial charge < -0.3 is 83.6 Å². The number of nitrogens with zero attached hydrogens (tertiary/aromatic N) is 8. The predicted molar refractivity (Wildman–Crippen MR) is 516 cm³/mol. The number of nitrogens with one attached hydrogen (secondary N) is 6. The number of carbonyl (C=O) groups excluding carboxylic acids is 7. The number of rotatable bonds is 25. The van der Waals surface area contributed by atoms with Crippen LogP contribution in [0.15, 0.2) is 138 Å². The molecule has 7 amide bonds. The summed E-state index contributed by atoms with van der Waals surface area (Å²) in [4.78, 5) is 143. The quantitative estimate of drug-likeness (QED) is 0.00698. The molecule has 8 aliphatic heterocycles. The molecule has 33 nitrogen and oxygen atoms in total. The summed E-state index contributed by atoms with van der Waals surface area (Å²) in [6.07, 6.45) is -7.00. The van der Waals surface area contributed by atoms with Gasteiger partial charge in [0.1, 0.15) is 72.9 Å². The molecule has 12 atom stereocenters. The first kappa shape index (κ1) is 105. The third kappa shape index (κ3) is 22.8. The zero-order valence-corrected chi connectivity index (χ0v) is 81.0. The van der Waals surface area contributed by atoms with Crippen LogP contribution in [0.5, 0.6) is 11.5 Å². The van der Waals surface area contributed by atoms with Gasteiger partial charge in [-0.15, -0.1) is 0 Å². The van der Waals surface area contributed by atoms with Crippen molar-refractivity contribution in [3.05, 3.63) is 167 Å². The molecule has 7 aromatic carbocycles. The smallest absolute Gasteiger partial charge is 0.410 e. The van der Waals surface area contributed by atoms with E-state index in [1.165, 1.54) is 14.2 Å². The highest BCUT2D eigenvalue weighted by Gasteiger charge is 2.54. The van der Waals surface area contributed by atoms with Gasteiger partial charge in [-0.1, -0.05) is 116 Å². The highest BCUT2D eigenvalue weighted by molar-refractivity contribution is 6.08. The number of aromatic nitrogens is 4. The van der Waals surface area contributed by atoms with Gasteiger partial charge in [-0.05, 0) is 184 Å². The Morgan fingerprint density at radius 1 is 0.500 bits per heavy atom. The molecule has 2 aromatic heterocycles. The van der Waals surface area contributed by atoms with Gasteiger partial charge in [0.05, 0.1) is 113 Å². The Balaban J connectivity index is 0.000000202. The van der Waals surface area contributed by atoms with E-state index < -0.39 is 127 Å². The van der Waals surface area contributed by atoms with Crippen molar-refractivity contribution in [3.8, 4) is 56.3 Å². The van der Waals surface area contributed by atoms with Gasteiger partial charge in [0, 0.05) is 87.6 Å². The van der Waals surface area contributed by atoms with Crippen LogP contribution in [0, 0.1) is 41.4 Å². The SMILES string of the molecule is C.COC[C@H]1C[C@@H](C2=Nc3ccc4cc5c(cc4c3C2)OCc2cc(-c3cnc([C@@H]4C[C@H](C(F)(F)F)CN4C(=O)[C@@H](NC(=O)OC)C(C)C)[nH]3)ccc2-5)N(C(=O)OC(C)(C)C)C1.COC[C@H]1C[C@@H](C2=Nc3ccc4cc5c(cc4c3C2)OCc2cc(-c3cnc([C@@H]4C[C@H](C(F)(F)F)CN4C(=O)[C@@H](NC(=O)OC)C(C)C)[nH]3)ccc2-5)N(C(=O)[C@H](NC(=O)OC)c2ccccc2)C1.COOCN[C@H](C(=O)O)C(C)C. The number of amides is 7. The predicted octanol–water partition coefficient (Wildman–Crippen LogP) is 17.6. The number of H-pyrrole nitrogens is 2. The van der Waals surface area contributed by atoms with E-state index in [0.717, 1.165) is 136 Å². The number of aliphatic carboxylic acids is 1. The van der Waals surface area contributed by atoms with Crippen LogP contribution in [-0.2, 0) is 83.4 Å². The summed E-state index contributed by atoms with van der Waals surface area (Å²) in [5.74, 6) is -4.70. The number of methoxy groups -OCH3 is 5. The Bertz CT molecular complexity index is 6240. The molecule has 0 radical (unpaired) electrons. The molecule has 0 saturated carbocycles. The van der Waals surface area contributed by atoms with E-state index in [-0.39, 0.29) is 93.7 Å². The van der Waals surface area contributed by atoms with Crippen LogP contribution in [0.4, 0.5) is 56.9 Å². The molecule has 142 heavy (non-hydrogen) atoms. The summed E-state index contributed by atoms with van der Waals surface area (Å²) < 4.78 is 129. The number of hydrogen-bond donors (Lipinski definition) is 7. The topological polar surface area (TPSA) is 392 Å². The zero-order chi connectivity index (χ0) is 101.